The average Bonchev–Trinajstić information content (AvgIpc) is 3.40. The molecule has 1 unspecified atom stereocenters. The van der Waals surface area contributed by atoms with Crippen molar-refractivity contribution in [1.82, 2.24) is 0 Å². The van der Waals surface area contributed by atoms with Crippen molar-refractivity contribution in [1.29, 1.82) is 0 Å². The summed E-state index contributed by atoms with van der Waals surface area (Å²) in [6, 6.07) is 0. The van der Waals surface area contributed by atoms with Crippen LogP contribution in [0.1, 0.15) is 85.5 Å². The molecular formula is C33H52O8. The van der Waals surface area contributed by atoms with Crippen LogP contribution in [0, 0.1) is 46.3 Å². The van der Waals surface area contributed by atoms with Crippen LogP contribution in [0.25, 0.3) is 0 Å². The molecule has 3 heterocycles. The number of ether oxygens (including phenoxy) is 4. The molecule has 0 bridgehead atoms. The minimum absolute atomic E-state index is 0.129. The second-order valence-electron chi connectivity index (χ2n) is 15.5. The minimum Gasteiger partial charge on any atom is -0.394 e. The standard InChI is InChI=1S/C33H52O8/c1-17-7-12-33(38-16-17)18(2)26-24(41-33)14-23-21-6-5-19-13-20(8-10-31(19,3)22(21)9-11-32(23,26)4)39-30-29(37)28(36)27(35)25(15-34)40-30/h5,17-18,20-30,34-37H,6-16H2,1-4H3/t17-,18+,20+,21-,22+,23+,24+,25-,26+,27?,28+,29-,30-,31+,32+,33-/m1/s1. The molecule has 3 saturated carbocycles. The molecule has 1 spiro atoms. The van der Waals surface area contributed by atoms with Gasteiger partial charge in [-0.05, 0) is 91.8 Å². The third-order valence-corrected chi connectivity index (χ3v) is 13.5. The van der Waals surface area contributed by atoms with Crippen LogP contribution in [0.3, 0.4) is 0 Å². The quantitative estimate of drug-likeness (QED) is 0.377. The summed E-state index contributed by atoms with van der Waals surface area (Å²) in [5.74, 6) is 3.28. The van der Waals surface area contributed by atoms with E-state index >= 15 is 0 Å². The van der Waals surface area contributed by atoms with Gasteiger partial charge >= 0.3 is 0 Å². The van der Waals surface area contributed by atoms with Crippen LogP contribution >= 0.6 is 0 Å². The number of fused-ring (bicyclic) bond motifs is 7. The monoisotopic (exact) mass is 576 g/mol. The van der Waals surface area contributed by atoms with E-state index in [4.69, 9.17) is 18.9 Å². The van der Waals surface area contributed by atoms with Gasteiger partial charge in [0, 0.05) is 12.3 Å². The summed E-state index contributed by atoms with van der Waals surface area (Å²) in [7, 11) is 0. The highest BCUT2D eigenvalue weighted by Gasteiger charge is 2.68. The highest BCUT2D eigenvalue weighted by molar-refractivity contribution is 5.26. The number of aliphatic hydroxyl groups is 4. The van der Waals surface area contributed by atoms with E-state index in [1.165, 1.54) is 24.8 Å². The lowest BCUT2D eigenvalue weighted by Gasteiger charge is -2.58. The fourth-order valence-electron chi connectivity index (χ4n) is 11.1. The zero-order chi connectivity index (χ0) is 28.9. The fourth-order valence-corrected chi connectivity index (χ4v) is 11.1. The summed E-state index contributed by atoms with van der Waals surface area (Å²) in [5.41, 5.74) is 1.91. The van der Waals surface area contributed by atoms with Gasteiger partial charge in [-0.2, -0.15) is 0 Å². The van der Waals surface area contributed by atoms with Crippen molar-refractivity contribution in [3.8, 4) is 0 Å². The van der Waals surface area contributed by atoms with Gasteiger partial charge in [-0.3, -0.25) is 0 Å². The zero-order valence-corrected chi connectivity index (χ0v) is 25.3. The Morgan fingerprint density at radius 1 is 0.976 bits per heavy atom. The Hall–Kier alpha value is -0.580. The van der Waals surface area contributed by atoms with E-state index in [1.807, 2.05) is 0 Å². The summed E-state index contributed by atoms with van der Waals surface area (Å²) >= 11 is 0. The van der Waals surface area contributed by atoms with Gasteiger partial charge in [0.05, 0.1) is 25.4 Å². The second-order valence-corrected chi connectivity index (χ2v) is 15.5. The van der Waals surface area contributed by atoms with Gasteiger partial charge in [0.25, 0.3) is 0 Å². The number of rotatable bonds is 3. The molecule has 8 nitrogen and oxygen atoms in total. The highest BCUT2D eigenvalue weighted by Crippen LogP contribution is 2.70. The maximum Gasteiger partial charge on any atom is 0.186 e. The summed E-state index contributed by atoms with van der Waals surface area (Å²) < 4.78 is 25.3. The van der Waals surface area contributed by atoms with Crippen molar-refractivity contribution in [3.63, 3.8) is 0 Å². The van der Waals surface area contributed by atoms with E-state index in [2.05, 4.69) is 33.8 Å². The molecular weight excluding hydrogens is 524 g/mol. The van der Waals surface area contributed by atoms with Gasteiger partial charge in [-0.15, -0.1) is 0 Å². The van der Waals surface area contributed by atoms with Gasteiger partial charge in [-0.1, -0.05) is 39.3 Å². The van der Waals surface area contributed by atoms with Crippen LogP contribution < -0.4 is 0 Å². The number of aliphatic hydroxyl groups excluding tert-OH is 4. The summed E-state index contributed by atoms with van der Waals surface area (Å²) in [5, 5.41) is 40.4. The second kappa shape index (κ2) is 10.2. The smallest absolute Gasteiger partial charge is 0.186 e. The van der Waals surface area contributed by atoms with Crippen LogP contribution in [-0.2, 0) is 18.9 Å². The fraction of sp³-hybridized carbons (Fsp3) is 0.939. The molecule has 41 heavy (non-hydrogen) atoms. The Bertz CT molecular complexity index is 1020. The molecule has 3 aliphatic heterocycles. The van der Waals surface area contributed by atoms with Gasteiger partial charge in [-0.25, -0.2) is 0 Å². The van der Waals surface area contributed by atoms with Gasteiger partial charge < -0.3 is 39.4 Å². The topological polar surface area (TPSA) is 118 Å². The third-order valence-electron chi connectivity index (χ3n) is 13.5. The van der Waals surface area contributed by atoms with E-state index in [9.17, 15) is 20.4 Å². The largest absolute Gasteiger partial charge is 0.394 e. The van der Waals surface area contributed by atoms with Crippen molar-refractivity contribution in [2.45, 2.75) is 134 Å². The lowest BCUT2D eigenvalue weighted by Crippen LogP contribution is -2.60. The average molecular weight is 577 g/mol. The van der Waals surface area contributed by atoms with Crippen molar-refractivity contribution >= 4 is 0 Å². The Kier molecular flexibility index (Phi) is 7.27. The maximum atomic E-state index is 10.5. The first-order chi connectivity index (χ1) is 19.5. The molecule has 4 aliphatic carbocycles. The molecule has 16 atom stereocenters. The Morgan fingerprint density at radius 3 is 2.51 bits per heavy atom. The van der Waals surface area contributed by atoms with Crippen LogP contribution in [-0.4, -0.2) is 82.3 Å². The summed E-state index contributed by atoms with van der Waals surface area (Å²) in [6.07, 6.45) is 6.24. The predicted octanol–water partition coefficient (Wildman–Crippen LogP) is 3.54. The van der Waals surface area contributed by atoms with Crippen LogP contribution in [0.4, 0.5) is 0 Å². The highest BCUT2D eigenvalue weighted by atomic mass is 16.7. The van der Waals surface area contributed by atoms with E-state index < -0.39 is 37.3 Å². The number of allylic oxidation sites excluding steroid dienone is 1. The molecule has 3 saturated heterocycles. The van der Waals surface area contributed by atoms with Gasteiger partial charge in [0.15, 0.2) is 12.1 Å². The van der Waals surface area contributed by atoms with E-state index in [0.29, 0.717) is 47.0 Å². The zero-order valence-electron chi connectivity index (χ0n) is 25.3. The number of hydrogen-bond donors (Lipinski definition) is 4. The molecule has 0 aromatic rings. The molecule has 7 aliphatic rings. The summed E-state index contributed by atoms with van der Waals surface area (Å²) in [4.78, 5) is 0. The maximum absolute atomic E-state index is 10.5. The van der Waals surface area contributed by atoms with E-state index in [-0.39, 0.29) is 17.3 Å². The van der Waals surface area contributed by atoms with Crippen LogP contribution in [0.5, 0.6) is 0 Å². The molecule has 0 aromatic carbocycles. The minimum atomic E-state index is -1.41. The molecule has 7 rings (SSSR count). The first-order valence-electron chi connectivity index (χ1n) is 16.5. The molecule has 0 aromatic heterocycles. The molecule has 0 amide bonds. The molecule has 4 N–H and O–H groups in total. The van der Waals surface area contributed by atoms with E-state index in [0.717, 1.165) is 45.1 Å². The summed E-state index contributed by atoms with van der Waals surface area (Å²) in [6.45, 7) is 10.1. The first kappa shape index (κ1) is 29.1. The van der Waals surface area contributed by atoms with E-state index in [1.54, 1.807) is 0 Å². The Balaban J connectivity index is 1.05. The van der Waals surface area contributed by atoms with Gasteiger partial charge in [0.2, 0.25) is 0 Å². The SMILES string of the molecule is C[C@@H]1CC[C@@]2(OC1)O[C@H]1C[C@H]3[C@@H]4CC=C5C[C@@H](O[C@@H]6O[C@H](CO)C(O)[C@H](O)[C@H]6O)CC[C@]5(C)[C@H]4CC[C@]3(C)[C@H]1[C@@H]2C. The molecule has 232 valence electrons. The van der Waals surface area contributed by atoms with Crippen molar-refractivity contribution in [2.24, 2.45) is 46.3 Å². The first-order valence-corrected chi connectivity index (χ1v) is 16.5. The Morgan fingerprint density at radius 2 is 1.78 bits per heavy atom. The van der Waals surface area contributed by atoms with Crippen molar-refractivity contribution in [2.75, 3.05) is 13.2 Å². The Labute approximate surface area is 244 Å². The third kappa shape index (κ3) is 4.29. The molecule has 6 fully saturated rings. The van der Waals surface area contributed by atoms with Crippen molar-refractivity contribution in [3.05, 3.63) is 11.6 Å². The lowest BCUT2D eigenvalue weighted by molar-refractivity contribution is -0.313. The number of hydrogen-bond acceptors (Lipinski definition) is 8. The predicted molar refractivity (Wildman–Crippen MR) is 150 cm³/mol. The molecule has 8 heteroatoms. The van der Waals surface area contributed by atoms with Crippen LogP contribution in [0.15, 0.2) is 11.6 Å². The van der Waals surface area contributed by atoms with Gasteiger partial charge in [0.1, 0.15) is 24.4 Å². The van der Waals surface area contributed by atoms with Crippen LogP contribution in [0.2, 0.25) is 0 Å². The lowest BCUT2D eigenvalue weighted by atomic mass is 9.47. The molecule has 0 radical (unpaired) electrons. The van der Waals surface area contributed by atoms with Crippen molar-refractivity contribution < 1.29 is 39.4 Å². The normalized spacial score (nSPS) is 58.3.